The van der Waals surface area contributed by atoms with Gasteiger partial charge in [-0.15, -0.1) is 0 Å². The van der Waals surface area contributed by atoms with E-state index in [9.17, 15) is 14.7 Å². The van der Waals surface area contributed by atoms with Crippen molar-refractivity contribution in [2.45, 2.75) is 33.3 Å². The van der Waals surface area contributed by atoms with E-state index in [0.29, 0.717) is 23.6 Å². The number of Topliss-reactive ketones (excluding diaryl/α,β-unsaturated/α-hetero) is 1. The lowest BCUT2D eigenvalue weighted by atomic mass is 9.94. The molecule has 0 bridgehead atoms. The Morgan fingerprint density at radius 3 is 2.38 bits per heavy atom. The number of anilines is 1. The van der Waals surface area contributed by atoms with Gasteiger partial charge >= 0.3 is 0 Å². The summed E-state index contributed by atoms with van der Waals surface area (Å²) in [5.41, 5.74) is 1.44. The summed E-state index contributed by atoms with van der Waals surface area (Å²) in [4.78, 5) is 25.5. The van der Waals surface area contributed by atoms with E-state index in [-0.39, 0.29) is 23.0 Å². The molecule has 3 N–H and O–H groups in total. The molecule has 0 aliphatic heterocycles. The molecule has 1 unspecified atom stereocenters. The van der Waals surface area contributed by atoms with Gasteiger partial charge in [0.2, 0.25) is 5.78 Å². The standard InChI is InChI=1S/C16H21N3O4.C3H8/c1-5-17-12-11(14(21)15(12)23-4)18-10-8-6-7-9(13(10)20)16(22)19(2)3;1-3-2/h6-8,15,17-18,20H,5H2,1-4H3;3H2,1-2H3. The zero-order chi connectivity index (χ0) is 19.9. The average molecular weight is 363 g/mol. The molecule has 1 aromatic carbocycles. The highest BCUT2D eigenvalue weighted by Crippen LogP contribution is 2.33. The predicted octanol–water partition coefficient (Wildman–Crippen LogP) is 2.34. The van der Waals surface area contributed by atoms with Crippen LogP contribution in [-0.2, 0) is 9.53 Å². The number of methoxy groups -OCH3 is 1. The molecule has 0 saturated carbocycles. The highest BCUT2D eigenvalue weighted by Gasteiger charge is 2.40. The predicted molar refractivity (Wildman–Crippen MR) is 102 cm³/mol. The van der Waals surface area contributed by atoms with Crippen LogP contribution in [0, 0.1) is 0 Å². The van der Waals surface area contributed by atoms with Crippen molar-refractivity contribution < 1.29 is 19.4 Å². The van der Waals surface area contributed by atoms with Crippen LogP contribution in [0.15, 0.2) is 29.6 Å². The van der Waals surface area contributed by atoms with E-state index in [4.69, 9.17) is 4.74 Å². The van der Waals surface area contributed by atoms with E-state index in [2.05, 4.69) is 24.5 Å². The van der Waals surface area contributed by atoms with Gasteiger partial charge in [0.15, 0.2) is 11.9 Å². The minimum atomic E-state index is -0.619. The molecule has 7 nitrogen and oxygen atoms in total. The first-order chi connectivity index (χ1) is 12.3. The third kappa shape index (κ3) is 4.54. The van der Waals surface area contributed by atoms with E-state index in [1.54, 1.807) is 26.2 Å². The van der Waals surface area contributed by atoms with Crippen molar-refractivity contribution in [3.63, 3.8) is 0 Å². The number of hydrogen-bond acceptors (Lipinski definition) is 6. The molecule has 1 aliphatic rings. The van der Waals surface area contributed by atoms with Crippen LogP contribution in [0.4, 0.5) is 5.69 Å². The number of nitrogens with one attached hydrogen (secondary N) is 2. The number of aromatic hydroxyl groups is 1. The van der Waals surface area contributed by atoms with E-state index in [0.717, 1.165) is 0 Å². The summed E-state index contributed by atoms with van der Waals surface area (Å²) in [6.45, 7) is 6.80. The Kier molecular flexibility index (Phi) is 8.12. The number of para-hydroxylation sites is 1. The van der Waals surface area contributed by atoms with E-state index < -0.39 is 6.10 Å². The molecule has 0 aromatic heterocycles. The van der Waals surface area contributed by atoms with Gasteiger partial charge in [0.25, 0.3) is 5.91 Å². The lowest BCUT2D eigenvalue weighted by Crippen LogP contribution is -2.46. The second-order valence-electron chi connectivity index (χ2n) is 6.03. The molecule has 0 saturated heterocycles. The fourth-order valence-corrected chi connectivity index (χ4v) is 2.37. The second-order valence-corrected chi connectivity index (χ2v) is 6.03. The second kappa shape index (κ2) is 9.82. The van der Waals surface area contributed by atoms with Crippen LogP contribution in [0.5, 0.6) is 5.75 Å². The van der Waals surface area contributed by atoms with Crippen LogP contribution in [0.2, 0.25) is 0 Å². The highest BCUT2D eigenvalue weighted by molar-refractivity contribution is 6.11. The summed E-state index contributed by atoms with van der Waals surface area (Å²) in [7, 11) is 4.67. The fraction of sp³-hybridized carbons (Fsp3) is 0.474. The first-order valence-corrected chi connectivity index (χ1v) is 8.69. The number of benzene rings is 1. The number of hydrogen-bond donors (Lipinski definition) is 3. The van der Waals surface area contributed by atoms with Gasteiger partial charge in [-0.25, -0.2) is 0 Å². The first-order valence-electron chi connectivity index (χ1n) is 8.69. The average Bonchev–Trinajstić information content (AvgIpc) is 2.60. The summed E-state index contributed by atoms with van der Waals surface area (Å²) >= 11 is 0. The van der Waals surface area contributed by atoms with Crippen LogP contribution in [0.3, 0.4) is 0 Å². The summed E-state index contributed by atoms with van der Waals surface area (Å²) in [6, 6.07) is 4.78. The van der Waals surface area contributed by atoms with Gasteiger partial charge in [-0.3, -0.25) is 9.59 Å². The zero-order valence-corrected chi connectivity index (χ0v) is 16.3. The Morgan fingerprint density at radius 2 is 1.88 bits per heavy atom. The van der Waals surface area contributed by atoms with Crippen LogP contribution in [0.1, 0.15) is 37.6 Å². The van der Waals surface area contributed by atoms with Crippen molar-refractivity contribution in [2.24, 2.45) is 0 Å². The molecule has 0 heterocycles. The molecule has 0 fully saturated rings. The third-order valence-corrected chi connectivity index (χ3v) is 3.55. The van der Waals surface area contributed by atoms with E-state index in [1.807, 2.05) is 6.92 Å². The maximum Gasteiger partial charge on any atom is 0.257 e. The minimum absolute atomic E-state index is 0.167. The Labute approximate surface area is 155 Å². The van der Waals surface area contributed by atoms with Crippen LogP contribution >= 0.6 is 0 Å². The lowest BCUT2D eigenvalue weighted by molar-refractivity contribution is -0.126. The molecular formula is C19H29N3O4. The van der Waals surface area contributed by atoms with Crippen molar-refractivity contribution >= 4 is 17.4 Å². The van der Waals surface area contributed by atoms with Gasteiger partial charge in [-0.1, -0.05) is 26.3 Å². The third-order valence-electron chi connectivity index (χ3n) is 3.55. The molecule has 1 amide bonds. The van der Waals surface area contributed by atoms with Crippen molar-refractivity contribution in [3.8, 4) is 5.75 Å². The van der Waals surface area contributed by atoms with Crippen LogP contribution < -0.4 is 10.6 Å². The Bertz CT molecular complexity index is 683. The van der Waals surface area contributed by atoms with Crippen molar-refractivity contribution in [2.75, 3.05) is 33.1 Å². The van der Waals surface area contributed by atoms with Gasteiger partial charge < -0.3 is 25.4 Å². The van der Waals surface area contributed by atoms with E-state index >= 15 is 0 Å². The molecule has 0 spiro atoms. The smallest absolute Gasteiger partial charge is 0.257 e. The van der Waals surface area contributed by atoms with Gasteiger partial charge in [0.1, 0.15) is 5.70 Å². The number of ketones is 1. The lowest BCUT2D eigenvalue weighted by Gasteiger charge is -2.31. The topological polar surface area (TPSA) is 90.9 Å². The molecule has 0 radical (unpaired) electrons. The number of carbonyl (C=O) groups is 2. The molecule has 26 heavy (non-hydrogen) atoms. The summed E-state index contributed by atoms with van der Waals surface area (Å²) in [5.74, 6) is -0.711. The van der Waals surface area contributed by atoms with E-state index in [1.165, 1.54) is 24.5 Å². The molecule has 2 rings (SSSR count). The number of amides is 1. The molecule has 144 valence electrons. The monoisotopic (exact) mass is 363 g/mol. The first kappa shape index (κ1) is 21.5. The molecule has 1 aromatic rings. The van der Waals surface area contributed by atoms with Crippen LogP contribution in [-0.4, -0.2) is 55.6 Å². The molecule has 1 aliphatic carbocycles. The maximum absolute atomic E-state index is 12.1. The number of carbonyl (C=O) groups excluding carboxylic acids is 2. The van der Waals surface area contributed by atoms with Crippen molar-refractivity contribution in [1.29, 1.82) is 0 Å². The SMILES string of the molecule is CCC.CCNC1=C(Nc2cccc(C(=O)N(C)C)c2O)C(=O)C1OC. The fourth-order valence-electron chi connectivity index (χ4n) is 2.37. The Balaban J connectivity index is 0.00000105. The molecule has 1 atom stereocenters. The number of phenols is 1. The number of likely N-dealkylation sites (N-methyl/N-ethyl adjacent to an activating group) is 1. The van der Waals surface area contributed by atoms with Gasteiger partial charge in [-0.05, 0) is 19.1 Å². The molecular weight excluding hydrogens is 334 g/mol. The van der Waals surface area contributed by atoms with Crippen molar-refractivity contribution in [3.05, 3.63) is 35.2 Å². The summed E-state index contributed by atoms with van der Waals surface area (Å²) < 4.78 is 5.12. The highest BCUT2D eigenvalue weighted by atomic mass is 16.5. The quantitative estimate of drug-likeness (QED) is 0.672. The Hall–Kier alpha value is -2.54. The van der Waals surface area contributed by atoms with Gasteiger partial charge in [0, 0.05) is 27.7 Å². The summed E-state index contributed by atoms with van der Waals surface area (Å²) in [6.07, 6.45) is 0.631. The number of ether oxygens (including phenoxy) is 1. The summed E-state index contributed by atoms with van der Waals surface area (Å²) in [5, 5.41) is 16.3. The van der Waals surface area contributed by atoms with Gasteiger partial charge in [-0.2, -0.15) is 0 Å². The van der Waals surface area contributed by atoms with Crippen molar-refractivity contribution in [1.82, 2.24) is 10.2 Å². The normalized spacial score (nSPS) is 15.6. The molecule has 7 heteroatoms. The Morgan fingerprint density at radius 1 is 1.27 bits per heavy atom. The number of nitrogens with zero attached hydrogens (tertiary/aromatic N) is 1. The zero-order valence-electron chi connectivity index (χ0n) is 16.3. The largest absolute Gasteiger partial charge is 0.505 e. The number of phenolic OH excluding ortho intramolecular Hbond substituents is 1. The van der Waals surface area contributed by atoms with Gasteiger partial charge in [0.05, 0.1) is 16.9 Å². The number of rotatable bonds is 6. The minimum Gasteiger partial charge on any atom is -0.505 e. The van der Waals surface area contributed by atoms with Crippen LogP contribution in [0.25, 0.3) is 0 Å². The maximum atomic E-state index is 12.1.